The second-order valence-electron chi connectivity index (χ2n) is 8.22. The van der Waals surface area contributed by atoms with E-state index in [1.807, 2.05) is 0 Å². The van der Waals surface area contributed by atoms with Crippen molar-refractivity contribution in [2.75, 3.05) is 0 Å². The molecule has 0 aliphatic heterocycles. The third-order valence-corrected chi connectivity index (χ3v) is 6.08. The van der Waals surface area contributed by atoms with Crippen LogP contribution in [-0.2, 0) is 6.18 Å². The molecule has 27 heavy (non-hydrogen) atoms. The summed E-state index contributed by atoms with van der Waals surface area (Å²) in [6.07, 6.45) is 11.3. The largest absolute Gasteiger partial charge is 0.416 e. The number of hydrogen-bond acceptors (Lipinski definition) is 0. The van der Waals surface area contributed by atoms with Gasteiger partial charge in [0, 0.05) is 0 Å². The highest BCUT2D eigenvalue weighted by Gasteiger charge is 2.32. The summed E-state index contributed by atoms with van der Waals surface area (Å²) in [6.45, 7) is 2.24. The van der Waals surface area contributed by atoms with Gasteiger partial charge in [-0.25, -0.2) is 4.39 Å². The van der Waals surface area contributed by atoms with Crippen molar-refractivity contribution in [3.63, 3.8) is 0 Å². The molecule has 154 valence electrons. The van der Waals surface area contributed by atoms with Gasteiger partial charge in [0.2, 0.25) is 0 Å². The minimum Gasteiger partial charge on any atom is -0.207 e. The zero-order valence-electron chi connectivity index (χ0n) is 16.6. The van der Waals surface area contributed by atoms with Gasteiger partial charge in [-0.2, -0.15) is 13.2 Å². The highest BCUT2D eigenvalue weighted by atomic mass is 19.4. The van der Waals surface area contributed by atoms with Crippen molar-refractivity contribution in [2.24, 2.45) is 5.92 Å². The Kier molecular flexibility index (Phi) is 9.11. The first-order chi connectivity index (χ1) is 12.9. The quantitative estimate of drug-likeness (QED) is 0.279. The molecule has 1 fully saturated rings. The molecule has 0 spiro atoms. The van der Waals surface area contributed by atoms with Crippen LogP contribution in [-0.4, -0.2) is 0 Å². The number of unbranched alkanes of at least 4 members (excludes halogenated alkanes) is 7. The molecule has 1 aromatic carbocycles. The summed E-state index contributed by atoms with van der Waals surface area (Å²) in [7, 11) is 0. The zero-order valence-corrected chi connectivity index (χ0v) is 16.6. The number of hydrogen-bond donors (Lipinski definition) is 0. The molecule has 1 aliphatic carbocycles. The van der Waals surface area contributed by atoms with Crippen molar-refractivity contribution in [3.8, 4) is 0 Å². The molecule has 0 radical (unpaired) electrons. The van der Waals surface area contributed by atoms with E-state index < -0.39 is 17.6 Å². The third-order valence-electron chi connectivity index (χ3n) is 6.08. The lowest BCUT2D eigenvalue weighted by Crippen LogP contribution is -2.15. The lowest BCUT2D eigenvalue weighted by Gasteiger charge is -2.29. The fourth-order valence-electron chi connectivity index (χ4n) is 4.36. The van der Waals surface area contributed by atoms with Gasteiger partial charge < -0.3 is 0 Å². The summed E-state index contributed by atoms with van der Waals surface area (Å²) in [5.41, 5.74) is -0.430. The standard InChI is InChI=1S/C23H34F4/c1-2-3-4-5-6-7-8-9-10-18-11-13-19(14-12-18)21-16-15-20(17-22(21)24)23(25,26)27/h15-19H,2-14H2,1H3. The van der Waals surface area contributed by atoms with E-state index in [-0.39, 0.29) is 5.92 Å². The van der Waals surface area contributed by atoms with Crippen LogP contribution < -0.4 is 0 Å². The van der Waals surface area contributed by atoms with E-state index in [0.717, 1.165) is 31.7 Å². The van der Waals surface area contributed by atoms with Crippen LogP contribution in [0.15, 0.2) is 18.2 Å². The van der Waals surface area contributed by atoms with Crippen molar-refractivity contribution in [1.82, 2.24) is 0 Å². The molecule has 1 saturated carbocycles. The van der Waals surface area contributed by atoms with E-state index >= 15 is 0 Å². The molecular formula is C23H34F4. The molecule has 0 atom stereocenters. The van der Waals surface area contributed by atoms with Gasteiger partial charge in [-0.05, 0) is 55.2 Å². The van der Waals surface area contributed by atoms with Crippen LogP contribution in [0.2, 0.25) is 0 Å². The average molecular weight is 387 g/mol. The van der Waals surface area contributed by atoms with Gasteiger partial charge in [0.25, 0.3) is 0 Å². The van der Waals surface area contributed by atoms with Crippen molar-refractivity contribution in [1.29, 1.82) is 0 Å². The lowest BCUT2D eigenvalue weighted by molar-refractivity contribution is -0.137. The minimum atomic E-state index is -4.48. The highest BCUT2D eigenvalue weighted by Crippen LogP contribution is 2.40. The fourth-order valence-corrected chi connectivity index (χ4v) is 4.36. The van der Waals surface area contributed by atoms with E-state index in [0.29, 0.717) is 17.5 Å². The molecule has 4 heteroatoms. The van der Waals surface area contributed by atoms with Gasteiger partial charge in [-0.1, -0.05) is 70.8 Å². The molecule has 0 unspecified atom stereocenters. The molecule has 2 rings (SSSR count). The highest BCUT2D eigenvalue weighted by molar-refractivity contribution is 5.29. The van der Waals surface area contributed by atoms with Crippen LogP contribution in [0.25, 0.3) is 0 Å². The van der Waals surface area contributed by atoms with Gasteiger partial charge >= 0.3 is 6.18 Å². The van der Waals surface area contributed by atoms with Crippen LogP contribution in [0.4, 0.5) is 17.6 Å². The van der Waals surface area contributed by atoms with Gasteiger partial charge in [0.1, 0.15) is 5.82 Å². The summed E-state index contributed by atoms with van der Waals surface area (Å²) in [4.78, 5) is 0. The Hall–Kier alpha value is -1.06. The smallest absolute Gasteiger partial charge is 0.207 e. The molecule has 1 aromatic rings. The molecule has 0 bridgehead atoms. The van der Waals surface area contributed by atoms with Crippen molar-refractivity contribution in [3.05, 3.63) is 35.1 Å². The first-order valence-electron chi connectivity index (χ1n) is 10.8. The molecule has 1 aliphatic rings. The maximum Gasteiger partial charge on any atom is 0.416 e. The van der Waals surface area contributed by atoms with E-state index in [1.54, 1.807) is 0 Å². The first kappa shape index (κ1) is 22.2. The summed E-state index contributed by atoms with van der Waals surface area (Å²) >= 11 is 0. The first-order valence-corrected chi connectivity index (χ1v) is 10.8. The maximum atomic E-state index is 14.2. The number of rotatable bonds is 10. The summed E-state index contributed by atoms with van der Waals surface area (Å²) in [5.74, 6) is 0.0808. The molecule has 0 N–H and O–H groups in total. The van der Waals surface area contributed by atoms with Crippen LogP contribution in [0, 0.1) is 11.7 Å². The third kappa shape index (κ3) is 7.46. The topological polar surface area (TPSA) is 0 Å². The van der Waals surface area contributed by atoms with Crippen LogP contribution in [0.1, 0.15) is 107 Å². The molecular weight excluding hydrogens is 352 g/mol. The van der Waals surface area contributed by atoms with Crippen LogP contribution >= 0.6 is 0 Å². The lowest BCUT2D eigenvalue weighted by atomic mass is 9.76. The van der Waals surface area contributed by atoms with E-state index in [2.05, 4.69) is 6.92 Å². The van der Waals surface area contributed by atoms with E-state index in [4.69, 9.17) is 0 Å². The Morgan fingerprint density at radius 3 is 2.00 bits per heavy atom. The second-order valence-corrected chi connectivity index (χ2v) is 8.22. The maximum absolute atomic E-state index is 14.2. The zero-order chi connectivity index (χ0) is 19.7. The summed E-state index contributed by atoms with van der Waals surface area (Å²) in [6, 6.07) is 3.02. The van der Waals surface area contributed by atoms with Crippen molar-refractivity contribution < 1.29 is 17.6 Å². The molecule has 0 amide bonds. The minimum absolute atomic E-state index is 0.0714. The Balaban J connectivity index is 1.67. The SMILES string of the molecule is CCCCCCCCCCC1CCC(c2ccc(C(F)(F)F)cc2F)CC1. The normalized spacial score (nSPS) is 20.8. The molecule has 0 aromatic heterocycles. The number of benzene rings is 1. The Labute approximate surface area is 161 Å². The number of halogens is 4. The Bertz CT molecular complexity index is 542. The van der Waals surface area contributed by atoms with Gasteiger partial charge in [-0.15, -0.1) is 0 Å². The molecule has 0 saturated heterocycles. The van der Waals surface area contributed by atoms with Crippen LogP contribution in [0.3, 0.4) is 0 Å². The molecule has 0 heterocycles. The predicted molar refractivity (Wildman–Crippen MR) is 103 cm³/mol. The van der Waals surface area contributed by atoms with Crippen molar-refractivity contribution >= 4 is 0 Å². The average Bonchev–Trinajstić information content (AvgIpc) is 2.64. The predicted octanol–water partition coefficient (Wildman–Crippen LogP) is 8.65. The van der Waals surface area contributed by atoms with E-state index in [9.17, 15) is 17.6 Å². The van der Waals surface area contributed by atoms with Crippen molar-refractivity contribution in [2.45, 2.75) is 102 Å². The van der Waals surface area contributed by atoms with Gasteiger partial charge in [0.15, 0.2) is 0 Å². The fraction of sp³-hybridized carbons (Fsp3) is 0.739. The summed E-state index contributed by atoms with van der Waals surface area (Å²) in [5, 5.41) is 0. The Morgan fingerprint density at radius 2 is 1.44 bits per heavy atom. The second kappa shape index (κ2) is 11.1. The van der Waals surface area contributed by atoms with Gasteiger partial charge in [-0.3, -0.25) is 0 Å². The Morgan fingerprint density at radius 1 is 0.852 bits per heavy atom. The van der Waals surface area contributed by atoms with E-state index in [1.165, 1.54) is 63.9 Å². The monoisotopic (exact) mass is 386 g/mol. The molecule has 0 nitrogen and oxygen atoms in total. The number of alkyl halides is 3. The van der Waals surface area contributed by atoms with Crippen LogP contribution in [0.5, 0.6) is 0 Å². The summed E-state index contributed by atoms with van der Waals surface area (Å²) < 4.78 is 52.2. The van der Waals surface area contributed by atoms with Gasteiger partial charge in [0.05, 0.1) is 5.56 Å².